The van der Waals surface area contributed by atoms with Crippen LogP contribution in [0.1, 0.15) is 54.4 Å². The Morgan fingerprint density at radius 1 is 0.692 bits per heavy atom. The molecule has 0 amide bonds. The average molecular weight is 366 g/mol. The maximum atomic E-state index is 11.5. The summed E-state index contributed by atoms with van der Waals surface area (Å²) in [6.45, 7) is 10.8. The van der Waals surface area contributed by atoms with Gasteiger partial charge in [0.15, 0.2) is 0 Å². The molecule has 0 aliphatic rings. The van der Waals surface area contributed by atoms with Crippen molar-refractivity contribution in [2.24, 2.45) is 0 Å². The van der Waals surface area contributed by atoms with Gasteiger partial charge in [-0.2, -0.15) is 9.78 Å². The van der Waals surface area contributed by atoms with Crippen molar-refractivity contribution in [3.05, 3.63) is 48.6 Å². The van der Waals surface area contributed by atoms with Crippen molar-refractivity contribution < 1.29 is 29.1 Å². The van der Waals surface area contributed by atoms with Crippen LogP contribution >= 0.6 is 0 Å². The molecular weight excluding hydrogens is 336 g/mol. The van der Waals surface area contributed by atoms with E-state index >= 15 is 0 Å². The molecule has 0 N–H and O–H groups in total. The first-order chi connectivity index (χ1) is 12.1. The second-order valence-electron chi connectivity index (χ2n) is 6.76. The van der Waals surface area contributed by atoms with Crippen LogP contribution in [-0.4, -0.2) is 23.1 Å². The highest BCUT2D eigenvalue weighted by Gasteiger charge is 2.29. The van der Waals surface area contributed by atoms with E-state index < -0.39 is 23.1 Å². The molecule has 0 spiro atoms. The summed E-state index contributed by atoms with van der Waals surface area (Å²) in [4.78, 5) is 42.9. The molecule has 146 valence electrons. The summed E-state index contributed by atoms with van der Waals surface area (Å²) in [5.74, 6) is -1.18. The number of hydrogen-bond acceptors (Lipinski definition) is 6. The van der Waals surface area contributed by atoms with Crippen LogP contribution in [0.25, 0.3) is 0 Å². The van der Waals surface area contributed by atoms with E-state index in [4.69, 9.17) is 19.6 Å². The molecule has 26 heavy (non-hydrogen) atoms. The lowest BCUT2D eigenvalue weighted by molar-refractivity contribution is -0.337. The molecular formula is C20H30O6. The fraction of sp³-hybridized carbons (Fsp3) is 0.500. The van der Waals surface area contributed by atoms with Gasteiger partial charge in [0.2, 0.25) is 0 Å². The number of allylic oxidation sites excluding steroid dienone is 6. The van der Waals surface area contributed by atoms with Crippen molar-refractivity contribution >= 4 is 11.9 Å². The second kappa shape index (κ2) is 12.2. The Kier molecular flexibility index (Phi) is 11.2. The Labute approximate surface area is 156 Å². The summed E-state index contributed by atoms with van der Waals surface area (Å²) in [5.41, 5.74) is -1.44. The number of hydrogen-bond donors (Lipinski definition) is 0. The van der Waals surface area contributed by atoms with Gasteiger partial charge in [-0.15, -0.1) is 0 Å². The van der Waals surface area contributed by atoms with Gasteiger partial charge in [0.25, 0.3) is 0 Å². The number of carbonyl (C=O) groups is 2. The molecule has 6 heteroatoms. The minimum atomic E-state index is -0.722. The van der Waals surface area contributed by atoms with Gasteiger partial charge in [0.1, 0.15) is 11.2 Å². The molecule has 0 aromatic heterocycles. The first-order valence-corrected chi connectivity index (χ1v) is 8.50. The first-order valence-electron chi connectivity index (χ1n) is 8.50. The average Bonchev–Trinajstić information content (AvgIpc) is 2.57. The fourth-order valence-electron chi connectivity index (χ4n) is 1.54. The maximum Gasteiger partial charge on any atom is 0.365 e. The Balaban J connectivity index is 4.32. The third kappa shape index (κ3) is 13.1. The summed E-state index contributed by atoms with van der Waals surface area (Å²) in [7, 11) is 0. The van der Waals surface area contributed by atoms with Crippen LogP contribution in [0.3, 0.4) is 0 Å². The minimum Gasteiger partial charge on any atom is -0.293 e. The van der Waals surface area contributed by atoms with E-state index in [-0.39, 0.29) is 0 Å². The molecule has 0 aromatic rings. The highest BCUT2D eigenvalue weighted by atomic mass is 17.2. The van der Waals surface area contributed by atoms with Crippen molar-refractivity contribution in [2.75, 3.05) is 0 Å². The molecule has 0 saturated heterocycles. The van der Waals surface area contributed by atoms with Gasteiger partial charge in [0.05, 0.1) is 0 Å². The third-order valence-corrected chi connectivity index (χ3v) is 3.10. The SMILES string of the molecule is C/C=C/C=C/C(=O)OOC(C)(C)CCC(C)(C)OOC(=O)/C=C/C=C/C. The van der Waals surface area contributed by atoms with Crippen molar-refractivity contribution in [3.8, 4) is 0 Å². The van der Waals surface area contributed by atoms with Crippen molar-refractivity contribution in [1.82, 2.24) is 0 Å². The van der Waals surface area contributed by atoms with Crippen LogP contribution in [0, 0.1) is 0 Å². The fourth-order valence-corrected chi connectivity index (χ4v) is 1.54. The summed E-state index contributed by atoms with van der Waals surface area (Å²) >= 11 is 0. The van der Waals surface area contributed by atoms with E-state index in [1.807, 2.05) is 13.8 Å². The Morgan fingerprint density at radius 3 is 1.35 bits per heavy atom. The molecule has 0 aliphatic carbocycles. The molecule has 0 atom stereocenters. The van der Waals surface area contributed by atoms with E-state index in [0.29, 0.717) is 12.8 Å². The van der Waals surface area contributed by atoms with Crippen LogP contribution in [0.5, 0.6) is 0 Å². The van der Waals surface area contributed by atoms with Crippen LogP contribution in [0.15, 0.2) is 48.6 Å². The predicted octanol–water partition coefficient (Wildman–Crippen LogP) is 4.54. The van der Waals surface area contributed by atoms with Crippen LogP contribution in [0.2, 0.25) is 0 Å². The Morgan fingerprint density at radius 2 is 1.04 bits per heavy atom. The van der Waals surface area contributed by atoms with Crippen LogP contribution < -0.4 is 0 Å². The lowest BCUT2D eigenvalue weighted by Gasteiger charge is -2.28. The summed E-state index contributed by atoms with van der Waals surface area (Å²) in [6, 6.07) is 0. The molecule has 0 aromatic carbocycles. The van der Waals surface area contributed by atoms with Gasteiger partial charge < -0.3 is 0 Å². The minimum absolute atomic E-state index is 0.512. The van der Waals surface area contributed by atoms with Gasteiger partial charge in [-0.25, -0.2) is 9.59 Å². The molecule has 0 fully saturated rings. The molecule has 0 bridgehead atoms. The predicted molar refractivity (Wildman–Crippen MR) is 99.7 cm³/mol. The zero-order chi connectivity index (χ0) is 20.1. The molecule has 0 unspecified atom stereocenters. The molecule has 0 heterocycles. The molecule has 6 nitrogen and oxygen atoms in total. The zero-order valence-electron chi connectivity index (χ0n) is 16.5. The largest absolute Gasteiger partial charge is 0.365 e. The Bertz CT molecular complexity index is 503. The summed E-state index contributed by atoms with van der Waals surface area (Å²) < 4.78 is 0. The van der Waals surface area contributed by atoms with Gasteiger partial charge in [0, 0.05) is 12.2 Å². The zero-order valence-corrected chi connectivity index (χ0v) is 16.5. The van der Waals surface area contributed by atoms with Crippen LogP contribution in [-0.2, 0) is 29.1 Å². The topological polar surface area (TPSA) is 71.1 Å². The highest BCUT2D eigenvalue weighted by Crippen LogP contribution is 2.25. The standard InChI is InChI=1S/C20H30O6/c1-7-9-11-13-17(21)23-25-19(3,4)15-16-20(5,6)26-24-18(22)14-12-10-8-2/h7-14H,15-16H2,1-6H3/b9-7+,10-8+,13-11+,14-12+. The summed E-state index contributed by atoms with van der Waals surface area (Å²) in [5, 5.41) is 0. The molecule has 0 radical (unpaired) electrons. The van der Waals surface area contributed by atoms with Crippen molar-refractivity contribution in [2.45, 2.75) is 65.6 Å². The normalized spacial score (nSPS) is 13.3. The Hall–Kier alpha value is -2.18. The number of carbonyl (C=O) groups excluding carboxylic acids is 2. The van der Waals surface area contributed by atoms with E-state index in [1.165, 1.54) is 12.2 Å². The van der Waals surface area contributed by atoms with Gasteiger partial charge in [-0.1, -0.05) is 36.5 Å². The lowest BCUT2D eigenvalue weighted by Crippen LogP contribution is -2.32. The van der Waals surface area contributed by atoms with Gasteiger partial charge in [-0.3, -0.25) is 9.78 Å². The lowest BCUT2D eigenvalue weighted by atomic mass is 9.94. The number of rotatable bonds is 11. The molecule has 0 aliphatic heterocycles. The summed E-state index contributed by atoms with van der Waals surface area (Å²) in [6.07, 6.45) is 13.7. The van der Waals surface area contributed by atoms with Crippen molar-refractivity contribution in [3.63, 3.8) is 0 Å². The van der Waals surface area contributed by atoms with Crippen LogP contribution in [0.4, 0.5) is 0 Å². The maximum absolute atomic E-state index is 11.5. The molecule has 0 rings (SSSR count). The first kappa shape index (κ1) is 23.8. The van der Waals surface area contributed by atoms with E-state index in [1.54, 1.807) is 64.2 Å². The third-order valence-electron chi connectivity index (χ3n) is 3.10. The second-order valence-corrected chi connectivity index (χ2v) is 6.76. The van der Waals surface area contributed by atoms with E-state index in [9.17, 15) is 9.59 Å². The van der Waals surface area contributed by atoms with Gasteiger partial charge >= 0.3 is 11.9 Å². The van der Waals surface area contributed by atoms with Gasteiger partial charge in [-0.05, 0) is 54.4 Å². The quantitative estimate of drug-likeness (QED) is 0.231. The van der Waals surface area contributed by atoms with E-state index in [2.05, 4.69) is 0 Å². The van der Waals surface area contributed by atoms with E-state index in [0.717, 1.165) is 0 Å². The monoisotopic (exact) mass is 366 g/mol. The highest BCUT2D eigenvalue weighted by molar-refractivity contribution is 5.82. The molecule has 0 saturated carbocycles. The smallest absolute Gasteiger partial charge is 0.293 e. The van der Waals surface area contributed by atoms with Crippen molar-refractivity contribution in [1.29, 1.82) is 0 Å².